The summed E-state index contributed by atoms with van der Waals surface area (Å²) in [5, 5.41) is 33.3. The zero-order chi connectivity index (χ0) is 17.1. The van der Waals surface area contributed by atoms with Gasteiger partial charge in [-0.15, -0.1) is 0 Å². The second-order valence-electron chi connectivity index (χ2n) is 4.34. The molecule has 0 aromatic heterocycles. The van der Waals surface area contributed by atoms with E-state index in [4.69, 9.17) is 11.6 Å². The van der Waals surface area contributed by atoms with Crippen LogP contribution >= 0.6 is 11.6 Å². The van der Waals surface area contributed by atoms with Gasteiger partial charge in [-0.25, -0.2) is 0 Å². The Morgan fingerprint density at radius 1 is 1.09 bits per heavy atom. The number of hydrogen-bond donors (Lipinski definition) is 2. The molecule has 0 aliphatic rings. The third kappa shape index (κ3) is 3.52. The minimum atomic E-state index is -0.883. The monoisotopic (exact) mass is 337 g/mol. The van der Waals surface area contributed by atoms with Gasteiger partial charge in [0.05, 0.1) is 20.9 Å². The van der Waals surface area contributed by atoms with Crippen LogP contribution in [0.15, 0.2) is 36.4 Å². The predicted molar refractivity (Wildman–Crippen MR) is 80.8 cm³/mol. The molecule has 0 bridgehead atoms. The summed E-state index contributed by atoms with van der Waals surface area (Å²) in [6.45, 7) is 0. The van der Waals surface area contributed by atoms with Crippen molar-refractivity contribution >= 4 is 34.6 Å². The summed E-state index contributed by atoms with van der Waals surface area (Å²) in [6.07, 6.45) is 0. The van der Waals surface area contributed by atoms with Gasteiger partial charge in [0.15, 0.2) is 0 Å². The molecule has 9 nitrogen and oxygen atoms in total. The van der Waals surface area contributed by atoms with Gasteiger partial charge < -0.3 is 10.4 Å². The SMILES string of the molecule is O=C(Nc1ccc(O)c(Cl)c1)c1ccc([N+](=O)[O-])cc1[N+](=O)[O-]. The van der Waals surface area contributed by atoms with Crippen LogP contribution in [0.2, 0.25) is 5.02 Å². The standard InChI is InChI=1S/C13H8ClN3O6/c14-10-5-7(1-4-12(10)18)15-13(19)9-3-2-8(16(20)21)6-11(9)17(22)23/h1-6,18H,(H,15,19). The Hall–Kier alpha value is -3.20. The number of phenols is 1. The van der Waals surface area contributed by atoms with E-state index >= 15 is 0 Å². The maximum absolute atomic E-state index is 12.1. The fourth-order valence-corrected chi connectivity index (χ4v) is 1.94. The molecule has 0 atom stereocenters. The fraction of sp³-hybridized carbons (Fsp3) is 0. The van der Waals surface area contributed by atoms with Gasteiger partial charge in [0, 0.05) is 11.8 Å². The van der Waals surface area contributed by atoms with Crippen LogP contribution in [0.5, 0.6) is 5.75 Å². The molecule has 2 N–H and O–H groups in total. The number of nitrogens with one attached hydrogen (secondary N) is 1. The maximum atomic E-state index is 12.1. The molecular formula is C13H8ClN3O6. The molecule has 2 aromatic carbocycles. The van der Waals surface area contributed by atoms with Crippen LogP contribution < -0.4 is 5.32 Å². The van der Waals surface area contributed by atoms with Crippen LogP contribution in [0.25, 0.3) is 0 Å². The van der Waals surface area contributed by atoms with Crippen LogP contribution in [0.1, 0.15) is 10.4 Å². The van der Waals surface area contributed by atoms with Crippen molar-refractivity contribution < 1.29 is 19.7 Å². The highest BCUT2D eigenvalue weighted by molar-refractivity contribution is 6.32. The van der Waals surface area contributed by atoms with Gasteiger partial charge >= 0.3 is 0 Å². The topological polar surface area (TPSA) is 136 Å². The van der Waals surface area contributed by atoms with Gasteiger partial charge in [-0.2, -0.15) is 0 Å². The van der Waals surface area contributed by atoms with Gasteiger partial charge in [0.2, 0.25) is 0 Å². The number of halogens is 1. The molecule has 0 radical (unpaired) electrons. The quantitative estimate of drug-likeness (QED) is 0.499. The predicted octanol–water partition coefficient (Wildman–Crippen LogP) is 3.11. The van der Waals surface area contributed by atoms with E-state index in [1.54, 1.807) is 0 Å². The molecule has 0 heterocycles. The van der Waals surface area contributed by atoms with E-state index in [1.165, 1.54) is 18.2 Å². The van der Waals surface area contributed by atoms with Crippen molar-refractivity contribution in [1.82, 2.24) is 0 Å². The lowest BCUT2D eigenvalue weighted by Crippen LogP contribution is -2.14. The molecule has 0 saturated heterocycles. The third-order valence-corrected chi connectivity index (χ3v) is 3.14. The highest BCUT2D eigenvalue weighted by Crippen LogP contribution is 2.28. The number of carbonyl (C=O) groups is 1. The van der Waals surface area contributed by atoms with Crippen molar-refractivity contribution in [3.05, 3.63) is 67.2 Å². The van der Waals surface area contributed by atoms with E-state index in [-0.39, 0.29) is 22.0 Å². The summed E-state index contributed by atoms with van der Waals surface area (Å²) in [5.74, 6) is -1.03. The normalized spacial score (nSPS) is 10.1. The number of anilines is 1. The van der Waals surface area contributed by atoms with Crippen molar-refractivity contribution in [2.45, 2.75) is 0 Å². The van der Waals surface area contributed by atoms with Crippen LogP contribution in [-0.4, -0.2) is 20.9 Å². The molecule has 23 heavy (non-hydrogen) atoms. The Labute approximate surface area is 133 Å². The number of carbonyl (C=O) groups excluding carboxylic acids is 1. The highest BCUT2D eigenvalue weighted by atomic mass is 35.5. The number of amides is 1. The van der Waals surface area contributed by atoms with Gasteiger partial charge in [0.1, 0.15) is 11.3 Å². The minimum Gasteiger partial charge on any atom is -0.506 e. The number of rotatable bonds is 4. The Bertz CT molecular complexity index is 823. The second-order valence-corrected chi connectivity index (χ2v) is 4.74. The Morgan fingerprint density at radius 2 is 1.78 bits per heavy atom. The van der Waals surface area contributed by atoms with E-state index in [1.807, 2.05) is 0 Å². The molecule has 2 aromatic rings. The van der Waals surface area contributed by atoms with Gasteiger partial charge in [0.25, 0.3) is 17.3 Å². The number of hydrogen-bond acceptors (Lipinski definition) is 6. The van der Waals surface area contributed by atoms with Crippen molar-refractivity contribution in [2.24, 2.45) is 0 Å². The highest BCUT2D eigenvalue weighted by Gasteiger charge is 2.24. The molecule has 0 aliphatic carbocycles. The third-order valence-electron chi connectivity index (χ3n) is 2.84. The molecule has 0 fully saturated rings. The molecule has 0 saturated carbocycles. The first kappa shape index (κ1) is 16.2. The van der Waals surface area contributed by atoms with Crippen LogP contribution in [0.3, 0.4) is 0 Å². The number of non-ortho nitro benzene ring substituents is 1. The molecule has 0 aliphatic heterocycles. The summed E-state index contributed by atoms with van der Waals surface area (Å²) < 4.78 is 0. The molecule has 1 amide bonds. The summed E-state index contributed by atoms with van der Waals surface area (Å²) in [4.78, 5) is 32.1. The van der Waals surface area contributed by atoms with Crippen molar-refractivity contribution in [3.63, 3.8) is 0 Å². The number of aromatic hydroxyl groups is 1. The van der Waals surface area contributed by atoms with E-state index in [2.05, 4.69) is 5.32 Å². The lowest BCUT2D eigenvalue weighted by molar-refractivity contribution is -0.394. The summed E-state index contributed by atoms with van der Waals surface area (Å²) in [5.41, 5.74) is -1.34. The molecular weight excluding hydrogens is 330 g/mol. The van der Waals surface area contributed by atoms with Crippen molar-refractivity contribution in [3.8, 4) is 5.75 Å². The molecule has 0 unspecified atom stereocenters. The van der Waals surface area contributed by atoms with Gasteiger partial charge in [-0.3, -0.25) is 25.0 Å². The molecule has 2 rings (SSSR count). The van der Waals surface area contributed by atoms with Crippen LogP contribution in [0, 0.1) is 20.2 Å². The largest absolute Gasteiger partial charge is 0.506 e. The van der Waals surface area contributed by atoms with Crippen LogP contribution in [-0.2, 0) is 0 Å². The Balaban J connectivity index is 2.36. The number of benzene rings is 2. The average molecular weight is 338 g/mol. The lowest BCUT2D eigenvalue weighted by atomic mass is 10.1. The number of nitro benzene ring substituents is 2. The smallest absolute Gasteiger partial charge is 0.289 e. The maximum Gasteiger partial charge on any atom is 0.289 e. The molecule has 10 heteroatoms. The first-order chi connectivity index (χ1) is 10.8. The first-order valence-corrected chi connectivity index (χ1v) is 6.40. The van der Waals surface area contributed by atoms with Crippen LogP contribution in [0.4, 0.5) is 17.1 Å². The fourth-order valence-electron chi connectivity index (χ4n) is 1.76. The van der Waals surface area contributed by atoms with Crippen molar-refractivity contribution in [2.75, 3.05) is 5.32 Å². The number of phenolic OH excluding ortho intramolecular Hbond substituents is 1. The number of nitro groups is 2. The summed E-state index contributed by atoms with van der Waals surface area (Å²) >= 11 is 5.70. The van der Waals surface area contributed by atoms with E-state index in [0.29, 0.717) is 6.07 Å². The van der Waals surface area contributed by atoms with Gasteiger partial charge in [-0.05, 0) is 24.3 Å². The van der Waals surface area contributed by atoms with Gasteiger partial charge in [-0.1, -0.05) is 11.6 Å². The second kappa shape index (κ2) is 6.28. The van der Waals surface area contributed by atoms with E-state index < -0.39 is 27.1 Å². The Morgan fingerprint density at radius 3 is 2.35 bits per heavy atom. The van der Waals surface area contributed by atoms with Crippen molar-refractivity contribution in [1.29, 1.82) is 0 Å². The molecule has 118 valence electrons. The number of nitrogens with zero attached hydrogens (tertiary/aromatic N) is 2. The summed E-state index contributed by atoms with van der Waals surface area (Å²) in [6, 6.07) is 6.53. The summed E-state index contributed by atoms with van der Waals surface area (Å²) in [7, 11) is 0. The van der Waals surface area contributed by atoms with E-state index in [0.717, 1.165) is 12.1 Å². The Kier molecular flexibility index (Phi) is 4.42. The first-order valence-electron chi connectivity index (χ1n) is 6.02. The zero-order valence-corrected chi connectivity index (χ0v) is 12.0. The average Bonchev–Trinajstić information content (AvgIpc) is 2.50. The van der Waals surface area contributed by atoms with E-state index in [9.17, 15) is 30.1 Å². The zero-order valence-electron chi connectivity index (χ0n) is 11.2. The minimum absolute atomic E-state index is 0.0130. The molecule has 0 spiro atoms. The lowest BCUT2D eigenvalue weighted by Gasteiger charge is -2.07.